The van der Waals surface area contributed by atoms with Crippen LogP contribution in [-0.4, -0.2) is 17.1 Å². The van der Waals surface area contributed by atoms with Crippen LogP contribution in [0.2, 0.25) is 0 Å². The average molecular weight is 279 g/mol. The summed E-state index contributed by atoms with van der Waals surface area (Å²) in [5, 5.41) is 4.98. The van der Waals surface area contributed by atoms with Gasteiger partial charge >= 0.3 is 6.03 Å². The van der Waals surface area contributed by atoms with Gasteiger partial charge in [0.15, 0.2) is 0 Å². The molecule has 1 amide bonds. The summed E-state index contributed by atoms with van der Waals surface area (Å²) >= 11 is 0. The molecule has 0 aliphatic carbocycles. The monoisotopic (exact) mass is 279 g/mol. The van der Waals surface area contributed by atoms with Crippen LogP contribution < -0.4 is 11.1 Å². The van der Waals surface area contributed by atoms with Crippen molar-refractivity contribution in [1.82, 2.24) is 4.57 Å². The first-order chi connectivity index (χ1) is 10.3. The van der Waals surface area contributed by atoms with E-state index in [-0.39, 0.29) is 6.03 Å². The molecule has 0 unspecified atom stereocenters. The molecule has 0 saturated carbocycles. The molecular weight excluding hydrogens is 262 g/mol. The third-order valence-electron chi connectivity index (χ3n) is 3.43. The second kappa shape index (κ2) is 5.81. The fraction of sp³-hybridized carbons (Fsp3) is 0.118. The van der Waals surface area contributed by atoms with Crippen LogP contribution >= 0.6 is 0 Å². The Kier molecular flexibility index (Phi) is 3.71. The maximum atomic E-state index is 12.2. The highest BCUT2D eigenvalue weighted by molar-refractivity contribution is 5.95. The molecule has 4 heteroatoms. The number of hydrogen-bond donors (Lipinski definition) is 2. The second-order valence-electron chi connectivity index (χ2n) is 4.96. The number of fused-ring (bicyclic) bond motifs is 1. The number of benzene rings is 2. The van der Waals surface area contributed by atoms with Crippen LogP contribution in [0.4, 0.5) is 10.5 Å². The van der Waals surface area contributed by atoms with Gasteiger partial charge in [0.1, 0.15) is 0 Å². The fourth-order valence-corrected chi connectivity index (χ4v) is 2.31. The number of hydrogen-bond acceptors (Lipinski definition) is 2. The van der Waals surface area contributed by atoms with Crippen molar-refractivity contribution in [3.63, 3.8) is 0 Å². The lowest BCUT2D eigenvalue weighted by Gasteiger charge is -2.06. The summed E-state index contributed by atoms with van der Waals surface area (Å²) in [5.41, 5.74) is 7.46. The van der Waals surface area contributed by atoms with Crippen LogP contribution in [0.5, 0.6) is 0 Å². The highest BCUT2D eigenvalue weighted by Crippen LogP contribution is 2.16. The van der Waals surface area contributed by atoms with Gasteiger partial charge in [-0.05, 0) is 41.4 Å². The maximum Gasteiger partial charge on any atom is 0.329 e. The first-order valence-corrected chi connectivity index (χ1v) is 6.93. The van der Waals surface area contributed by atoms with Gasteiger partial charge in [-0.25, -0.2) is 4.79 Å². The van der Waals surface area contributed by atoms with Gasteiger partial charge in [-0.1, -0.05) is 36.4 Å². The van der Waals surface area contributed by atoms with Gasteiger partial charge in [-0.15, -0.1) is 0 Å². The van der Waals surface area contributed by atoms with Gasteiger partial charge in [-0.3, -0.25) is 4.57 Å². The standard InChI is InChI=1S/C17H17N3O/c18-10-9-13-5-7-16(8-6-13)19-17(21)20-11-14-3-1-2-4-15(14)12-20/h1-8,11-12H,9-10,18H2,(H,19,21). The molecule has 2 aromatic carbocycles. The molecule has 3 aromatic rings. The van der Waals surface area contributed by atoms with Gasteiger partial charge in [0.05, 0.1) is 0 Å². The lowest BCUT2D eigenvalue weighted by molar-refractivity contribution is 0.253. The normalized spacial score (nSPS) is 10.7. The summed E-state index contributed by atoms with van der Waals surface area (Å²) in [5.74, 6) is 0. The molecule has 21 heavy (non-hydrogen) atoms. The Morgan fingerprint density at radius 2 is 1.62 bits per heavy atom. The number of amides is 1. The smallest absolute Gasteiger partial charge is 0.329 e. The SMILES string of the molecule is NCCc1ccc(NC(=O)n2cc3ccccc3c2)cc1. The van der Waals surface area contributed by atoms with E-state index in [0.29, 0.717) is 6.54 Å². The number of nitrogens with two attached hydrogens (primary N) is 1. The summed E-state index contributed by atoms with van der Waals surface area (Å²) in [7, 11) is 0. The Hall–Kier alpha value is -2.59. The van der Waals surface area contributed by atoms with Crippen LogP contribution in [0.3, 0.4) is 0 Å². The zero-order valence-electron chi connectivity index (χ0n) is 11.6. The Morgan fingerprint density at radius 1 is 1.00 bits per heavy atom. The molecule has 0 saturated heterocycles. The van der Waals surface area contributed by atoms with E-state index in [4.69, 9.17) is 5.73 Å². The van der Waals surface area contributed by atoms with E-state index in [0.717, 1.165) is 22.9 Å². The number of nitrogens with one attached hydrogen (secondary N) is 1. The van der Waals surface area contributed by atoms with Crippen LogP contribution in [0.15, 0.2) is 60.9 Å². The van der Waals surface area contributed by atoms with Gasteiger partial charge in [0.25, 0.3) is 0 Å². The molecule has 0 atom stereocenters. The highest BCUT2D eigenvalue weighted by Gasteiger charge is 2.06. The maximum absolute atomic E-state index is 12.2. The van der Waals surface area contributed by atoms with Crippen LogP contribution in [0.25, 0.3) is 10.8 Å². The van der Waals surface area contributed by atoms with Gasteiger partial charge in [-0.2, -0.15) is 0 Å². The molecule has 3 rings (SSSR count). The Labute approximate surface area is 123 Å². The van der Waals surface area contributed by atoms with Crippen LogP contribution in [0, 0.1) is 0 Å². The molecule has 0 spiro atoms. The second-order valence-corrected chi connectivity index (χ2v) is 4.96. The minimum absolute atomic E-state index is 0.169. The third kappa shape index (κ3) is 2.95. The van der Waals surface area contributed by atoms with Crippen molar-refractivity contribution >= 4 is 22.5 Å². The van der Waals surface area contributed by atoms with Crippen molar-refractivity contribution in [2.24, 2.45) is 5.73 Å². The number of rotatable bonds is 3. The minimum Gasteiger partial charge on any atom is -0.330 e. The van der Waals surface area contributed by atoms with Gasteiger partial charge in [0.2, 0.25) is 0 Å². The summed E-state index contributed by atoms with van der Waals surface area (Å²) in [6.45, 7) is 0.627. The Balaban J connectivity index is 1.76. The van der Waals surface area contributed by atoms with Gasteiger partial charge < -0.3 is 11.1 Å². The molecule has 3 N–H and O–H groups in total. The van der Waals surface area contributed by atoms with Crippen molar-refractivity contribution in [2.45, 2.75) is 6.42 Å². The number of carbonyl (C=O) groups is 1. The van der Waals surface area contributed by atoms with Crippen molar-refractivity contribution in [3.05, 3.63) is 66.5 Å². The molecule has 0 bridgehead atoms. The summed E-state index contributed by atoms with van der Waals surface area (Å²) in [6, 6.07) is 15.5. The summed E-state index contributed by atoms with van der Waals surface area (Å²) in [6.07, 6.45) is 4.50. The first kappa shape index (κ1) is 13.4. The molecule has 0 aliphatic heterocycles. The van der Waals surface area contributed by atoms with E-state index >= 15 is 0 Å². The molecular formula is C17H17N3O. The molecule has 106 valence electrons. The topological polar surface area (TPSA) is 60.0 Å². The molecule has 0 aliphatic rings. The largest absolute Gasteiger partial charge is 0.330 e. The number of aromatic nitrogens is 1. The van der Waals surface area contributed by atoms with E-state index in [2.05, 4.69) is 5.32 Å². The predicted octanol–water partition coefficient (Wildman–Crippen LogP) is 3.22. The lowest BCUT2D eigenvalue weighted by Crippen LogP contribution is -2.17. The first-order valence-electron chi connectivity index (χ1n) is 6.93. The summed E-state index contributed by atoms with van der Waals surface area (Å²) in [4.78, 5) is 12.2. The van der Waals surface area contributed by atoms with E-state index in [9.17, 15) is 4.79 Å². The molecule has 1 heterocycles. The van der Waals surface area contributed by atoms with Crippen molar-refractivity contribution in [3.8, 4) is 0 Å². The lowest BCUT2D eigenvalue weighted by atomic mass is 10.1. The Morgan fingerprint density at radius 3 is 2.19 bits per heavy atom. The summed E-state index contributed by atoms with van der Waals surface area (Å²) < 4.78 is 1.57. The van der Waals surface area contributed by atoms with Crippen LogP contribution in [-0.2, 0) is 6.42 Å². The van der Waals surface area contributed by atoms with Crippen molar-refractivity contribution < 1.29 is 4.79 Å². The van der Waals surface area contributed by atoms with E-state index in [1.165, 1.54) is 5.56 Å². The molecule has 0 radical (unpaired) electrons. The fourth-order valence-electron chi connectivity index (χ4n) is 2.31. The average Bonchev–Trinajstić information content (AvgIpc) is 2.94. The van der Waals surface area contributed by atoms with Crippen LogP contribution in [0.1, 0.15) is 5.56 Å². The van der Waals surface area contributed by atoms with E-state index in [1.807, 2.05) is 60.9 Å². The zero-order valence-corrected chi connectivity index (χ0v) is 11.6. The number of carbonyl (C=O) groups excluding carboxylic acids is 1. The number of nitrogens with zero attached hydrogens (tertiary/aromatic N) is 1. The molecule has 0 fully saturated rings. The quantitative estimate of drug-likeness (QED) is 0.773. The Bertz CT molecular complexity index is 726. The van der Waals surface area contributed by atoms with E-state index in [1.54, 1.807) is 4.57 Å². The highest BCUT2D eigenvalue weighted by atomic mass is 16.2. The number of anilines is 1. The predicted molar refractivity (Wildman–Crippen MR) is 85.6 cm³/mol. The zero-order chi connectivity index (χ0) is 14.7. The van der Waals surface area contributed by atoms with E-state index < -0.39 is 0 Å². The minimum atomic E-state index is -0.169. The van der Waals surface area contributed by atoms with Crippen molar-refractivity contribution in [1.29, 1.82) is 0 Å². The van der Waals surface area contributed by atoms with Gasteiger partial charge in [0, 0.05) is 18.1 Å². The third-order valence-corrected chi connectivity index (χ3v) is 3.43. The molecule has 1 aromatic heterocycles. The van der Waals surface area contributed by atoms with Crippen molar-refractivity contribution in [2.75, 3.05) is 11.9 Å². The molecule has 4 nitrogen and oxygen atoms in total.